The van der Waals surface area contributed by atoms with E-state index in [4.69, 9.17) is 4.74 Å². The van der Waals surface area contributed by atoms with Crippen LogP contribution < -0.4 is 5.32 Å². The predicted molar refractivity (Wildman–Crippen MR) is 76.0 cm³/mol. The van der Waals surface area contributed by atoms with E-state index in [1.165, 1.54) is 18.5 Å². The molecule has 3 heteroatoms. The molecule has 2 fully saturated rings. The van der Waals surface area contributed by atoms with Gasteiger partial charge in [0, 0.05) is 48.8 Å². The van der Waals surface area contributed by atoms with Crippen LogP contribution in [0.2, 0.25) is 0 Å². The van der Waals surface area contributed by atoms with E-state index in [0.717, 1.165) is 19.6 Å². The van der Waals surface area contributed by atoms with Gasteiger partial charge in [-0.15, -0.1) is 0 Å². The average molecular weight is 260 g/mol. The van der Waals surface area contributed by atoms with Gasteiger partial charge in [0.25, 0.3) is 0 Å². The van der Waals surface area contributed by atoms with Crippen molar-refractivity contribution in [3.63, 3.8) is 0 Å². The van der Waals surface area contributed by atoms with Gasteiger partial charge in [-0.3, -0.25) is 4.98 Å². The Labute approximate surface area is 115 Å². The van der Waals surface area contributed by atoms with E-state index in [1.54, 1.807) is 0 Å². The molecule has 2 aliphatic rings. The fourth-order valence-electron chi connectivity index (χ4n) is 3.84. The molecule has 0 spiro atoms. The van der Waals surface area contributed by atoms with E-state index in [9.17, 15) is 0 Å². The molecule has 1 saturated heterocycles. The van der Waals surface area contributed by atoms with E-state index in [1.807, 2.05) is 12.3 Å². The number of nitrogens with zero attached hydrogens (tertiary/aromatic N) is 1. The van der Waals surface area contributed by atoms with Crippen LogP contribution in [0.4, 0.5) is 0 Å². The Morgan fingerprint density at radius 1 is 1.42 bits per heavy atom. The van der Waals surface area contributed by atoms with Crippen LogP contribution in [0.15, 0.2) is 24.4 Å². The van der Waals surface area contributed by atoms with Crippen molar-refractivity contribution >= 4 is 0 Å². The second-order valence-corrected chi connectivity index (χ2v) is 6.42. The van der Waals surface area contributed by atoms with Gasteiger partial charge >= 0.3 is 0 Å². The average Bonchev–Trinajstić information content (AvgIpc) is 2.44. The Hall–Kier alpha value is -0.930. The summed E-state index contributed by atoms with van der Waals surface area (Å²) in [6.07, 6.45) is 5.87. The lowest BCUT2D eigenvalue weighted by atomic mass is 9.55. The van der Waals surface area contributed by atoms with Crippen molar-refractivity contribution in [3.8, 4) is 0 Å². The van der Waals surface area contributed by atoms with E-state index in [2.05, 4.69) is 36.3 Å². The second-order valence-electron chi connectivity index (χ2n) is 6.42. The fraction of sp³-hybridized carbons (Fsp3) is 0.688. The first-order valence-corrected chi connectivity index (χ1v) is 7.44. The fourth-order valence-corrected chi connectivity index (χ4v) is 3.84. The van der Waals surface area contributed by atoms with Crippen LogP contribution in [0.1, 0.15) is 32.4 Å². The largest absolute Gasteiger partial charge is 0.377 e. The van der Waals surface area contributed by atoms with E-state index in [-0.39, 0.29) is 5.41 Å². The van der Waals surface area contributed by atoms with Gasteiger partial charge in [0.15, 0.2) is 0 Å². The summed E-state index contributed by atoms with van der Waals surface area (Å²) < 4.78 is 5.93. The van der Waals surface area contributed by atoms with Gasteiger partial charge in [0.2, 0.25) is 0 Å². The lowest BCUT2D eigenvalue weighted by Gasteiger charge is -2.60. The third kappa shape index (κ3) is 2.41. The molecule has 2 heterocycles. The van der Waals surface area contributed by atoms with E-state index in [0.29, 0.717) is 18.1 Å². The first-order chi connectivity index (χ1) is 9.19. The van der Waals surface area contributed by atoms with Crippen LogP contribution in [0.25, 0.3) is 0 Å². The molecule has 3 atom stereocenters. The molecule has 1 saturated carbocycles. The van der Waals surface area contributed by atoms with Crippen molar-refractivity contribution in [1.29, 1.82) is 0 Å². The number of ether oxygens (including phenoxy) is 1. The predicted octanol–water partition coefficient (Wildman–Crippen LogP) is 2.42. The van der Waals surface area contributed by atoms with Gasteiger partial charge in [-0.05, 0) is 25.0 Å². The van der Waals surface area contributed by atoms with Crippen molar-refractivity contribution < 1.29 is 4.74 Å². The highest BCUT2D eigenvalue weighted by atomic mass is 16.5. The Morgan fingerprint density at radius 2 is 2.32 bits per heavy atom. The minimum absolute atomic E-state index is 0.273. The molecule has 3 nitrogen and oxygen atoms in total. The van der Waals surface area contributed by atoms with Gasteiger partial charge in [-0.25, -0.2) is 0 Å². The lowest BCUT2D eigenvalue weighted by Crippen LogP contribution is -2.69. The summed E-state index contributed by atoms with van der Waals surface area (Å²) in [6, 6.07) is 6.72. The number of pyridine rings is 1. The Bertz CT molecular complexity index is 418. The summed E-state index contributed by atoms with van der Waals surface area (Å²) in [5, 5.41) is 3.74. The van der Waals surface area contributed by atoms with Crippen molar-refractivity contribution in [3.05, 3.63) is 30.1 Å². The van der Waals surface area contributed by atoms with Crippen LogP contribution >= 0.6 is 0 Å². The number of rotatable bonds is 4. The first kappa shape index (κ1) is 13.1. The first-order valence-electron chi connectivity index (χ1n) is 7.44. The molecule has 1 aromatic heterocycles. The normalized spacial score (nSPS) is 32.4. The van der Waals surface area contributed by atoms with Gasteiger partial charge < -0.3 is 10.1 Å². The Kier molecular flexibility index (Phi) is 3.59. The van der Waals surface area contributed by atoms with E-state index >= 15 is 0 Å². The van der Waals surface area contributed by atoms with Crippen LogP contribution in [0.5, 0.6) is 0 Å². The van der Waals surface area contributed by atoms with E-state index < -0.39 is 0 Å². The van der Waals surface area contributed by atoms with Crippen LogP contribution in [0, 0.1) is 11.3 Å². The zero-order valence-corrected chi connectivity index (χ0v) is 11.9. The quantitative estimate of drug-likeness (QED) is 0.903. The molecule has 1 aliphatic heterocycles. The summed E-state index contributed by atoms with van der Waals surface area (Å²) in [5.41, 5.74) is 1.44. The SMILES string of the molecule is CC1(C)C(NCCc2ccccn2)C2CCCOC21. The number of hydrogen-bond donors (Lipinski definition) is 1. The topological polar surface area (TPSA) is 34.2 Å². The number of hydrogen-bond acceptors (Lipinski definition) is 3. The van der Waals surface area contributed by atoms with Gasteiger partial charge in [-0.1, -0.05) is 19.9 Å². The zero-order chi connectivity index (χ0) is 13.3. The summed E-state index contributed by atoms with van der Waals surface area (Å²) in [4.78, 5) is 4.37. The summed E-state index contributed by atoms with van der Waals surface area (Å²) in [5.74, 6) is 0.715. The van der Waals surface area contributed by atoms with Crippen LogP contribution in [-0.4, -0.2) is 30.3 Å². The molecular formula is C16H24N2O. The molecule has 1 aliphatic carbocycles. The molecule has 0 amide bonds. The van der Waals surface area contributed by atoms with Gasteiger partial charge in [0.1, 0.15) is 0 Å². The summed E-state index contributed by atoms with van der Waals surface area (Å²) in [6.45, 7) is 6.62. The van der Waals surface area contributed by atoms with Gasteiger partial charge in [-0.2, -0.15) is 0 Å². The Balaban J connectivity index is 1.52. The molecule has 0 aromatic carbocycles. The lowest BCUT2D eigenvalue weighted by molar-refractivity contribution is -0.192. The second kappa shape index (κ2) is 5.22. The molecule has 19 heavy (non-hydrogen) atoms. The summed E-state index contributed by atoms with van der Waals surface area (Å²) >= 11 is 0. The van der Waals surface area contributed by atoms with Crippen molar-refractivity contribution in [1.82, 2.24) is 10.3 Å². The monoisotopic (exact) mass is 260 g/mol. The maximum absolute atomic E-state index is 5.93. The number of nitrogens with one attached hydrogen (secondary N) is 1. The molecule has 1 N–H and O–H groups in total. The molecule has 1 aromatic rings. The molecule has 3 rings (SSSR count). The zero-order valence-electron chi connectivity index (χ0n) is 11.9. The third-order valence-electron chi connectivity index (χ3n) is 4.80. The molecule has 0 bridgehead atoms. The van der Waals surface area contributed by atoms with Crippen LogP contribution in [0.3, 0.4) is 0 Å². The third-order valence-corrected chi connectivity index (χ3v) is 4.80. The molecule has 104 valence electrons. The smallest absolute Gasteiger partial charge is 0.0684 e. The maximum atomic E-state index is 5.93. The summed E-state index contributed by atoms with van der Waals surface area (Å²) in [7, 11) is 0. The highest BCUT2D eigenvalue weighted by Crippen LogP contribution is 2.51. The highest BCUT2D eigenvalue weighted by Gasteiger charge is 2.57. The van der Waals surface area contributed by atoms with Crippen LogP contribution in [-0.2, 0) is 11.2 Å². The van der Waals surface area contributed by atoms with Crippen molar-refractivity contribution in [2.24, 2.45) is 11.3 Å². The maximum Gasteiger partial charge on any atom is 0.0684 e. The Morgan fingerprint density at radius 3 is 3.11 bits per heavy atom. The van der Waals surface area contributed by atoms with Crippen molar-refractivity contribution in [2.75, 3.05) is 13.2 Å². The molecule has 3 unspecified atom stereocenters. The standard InChI is InChI=1S/C16H24N2O/c1-16(2)14(13-7-5-11-19-15(13)16)18-10-8-12-6-3-4-9-17-12/h3-4,6,9,13-15,18H,5,7-8,10-11H2,1-2H3. The minimum Gasteiger partial charge on any atom is -0.377 e. The number of fused-ring (bicyclic) bond motifs is 1. The van der Waals surface area contributed by atoms with Crippen molar-refractivity contribution in [2.45, 2.75) is 45.3 Å². The number of aromatic nitrogens is 1. The molecule has 0 radical (unpaired) electrons. The minimum atomic E-state index is 0.273. The van der Waals surface area contributed by atoms with Gasteiger partial charge in [0.05, 0.1) is 6.10 Å². The molecular weight excluding hydrogens is 236 g/mol. The highest BCUT2D eigenvalue weighted by molar-refractivity contribution is 5.11.